The van der Waals surface area contributed by atoms with Crippen molar-refractivity contribution in [1.29, 1.82) is 0 Å². The molecule has 2 aromatic rings. The van der Waals surface area contributed by atoms with Crippen LogP contribution in [0.5, 0.6) is 5.75 Å². The van der Waals surface area contributed by atoms with Crippen molar-refractivity contribution >= 4 is 10.0 Å². The van der Waals surface area contributed by atoms with Gasteiger partial charge >= 0.3 is 0 Å². The van der Waals surface area contributed by atoms with Gasteiger partial charge in [0, 0.05) is 12.1 Å². The molecule has 6 heteroatoms. The molecule has 5 nitrogen and oxygen atoms in total. The Morgan fingerprint density at radius 1 is 1.13 bits per heavy atom. The molecule has 0 aliphatic heterocycles. The normalized spacial score (nSPS) is 14.4. The molecule has 0 aliphatic carbocycles. The molecule has 0 radical (unpaired) electrons. The molecule has 0 unspecified atom stereocenters. The van der Waals surface area contributed by atoms with E-state index in [1.54, 1.807) is 6.07 Å². The minimum Gasteiger partial charge on any atom is -0.507 e. The summed E-state index contributed by atoms with van der Waals surface area (Å²) in [7, 11) is -3.93. The van der Waals surface area contributed by atoms with Gasteiger partial charge < -0.3 is 10.4 Å². The lowest BCUT2D eigenvalue weighted by Gasteiger charge is -2.20. The lowest BCUT2D eigenvalue weighted by molar-refractivity contribution is 0.456. The van der Waals surface area contributed by atoms with Gasteiger partial charge in [-0.3, -0.25) is 0 Å². The first-order valence-electron chi connectivity index (χ1n) is 7.43. The Hall–Kier alpha value is -1.89. The number of phenols is 1. The molecule has 0 fully saturated rings. The van der Waals surface area contributed by atoms with Crippen LogP contribution in [-0.2, 0) is 16.4 Å². The van der Waals surface area contributed by atoms with Gasteiger partial charge in [-0.2, -0.15) is 0 Å². The van der Waals surface area contributed by atoms with Gasteiger partial charge in [0.2, 0.25) is 10.0 Å². The summed E-state index contributed by atoms with van der Waals surface area (Å²) in [5.41, 5.74) is 1.99. The number of phenolic OH excluding ortho intramolecular Hbond substituents is 1. The Bertz CT molecular complexity index is 761. The third kappa shape index (κ3) is 4.79. The SMILES string of the molecule is C[C@@H](Cc1ccc(O)c(S(N)(=O)=O)c1)N[C@H](C)c1ccccc1. The smallest absolute Gasteiger partial charge is 0.241 e. The molecular weight excluding hydrogens is 312 g/mol. The van der Waals surface area contributed by atoms with Gasteiger partial charge in [-0.05, 0) is 43.5 Å². The van der Waals surface area contributed by atoms with Gasteiger partial charge in [-0.25, -0.2) is 13.6 Å². The number of hydrogen-bond donors (Lipinski definition) is 3. The number of nitrogens with two attached hydrogens (primary N) is 1. The average molecular weight is 334 g/mol. The molecule has 0 saturated heterocycles. The highest BCUT2D eigenvalue weighted by molar-refractivity contribution is 7.89. The summed E-state index contributed by atoms with van der Waals surface area (Å²) in [6.07, 6.45) is 0.625. The molecule has 124 valence electrons. The maximum atomic E-state index is 11.5. The third-order valence-corrected chi connectivity index (χ3v) is 4.65. The minimum atomic E-state index is -3.93. The zero-order valence-electron chi connectivity index (χ0n) is 13.2. The van der Waals surface area contributed by atoms with Crippen molar-refractivity contribution in [2.24, 2.45) is 5.14 Å². The summed E-state index contributed by atoms with van der Waals surface area (Å²) in [4.78, 5) is -0.238. The second-order valence-corrected chi connectivity index (χ2v) is 7.28. The number of primary sulfonamides is 1. The lowest BCUT2D eigenvalue weighted by Crippen LogP contribution is -2.30. The van der Waals surface area contributed by atoms with E-state index in [9.17, 15) is 13.5 Å². The van der Waals surface area contributed by atoms with Crippen LogP contribution in [0.3, 0.4) is 0 Å². The number of rotatable bonds is 6. The summed E-state index contributed by atoms with van der Waals surface area (Å²) in [5.74, 6) is -0.325. The highest BCUT2D eigenvalue weighted by atomic mass is 32.2. The molecule has 2 aromatic carbocycles. The van der Waals surface area contributed by atoms with Gasteiger partial charge in [-0.15, -0.1) is 0 Å². The maximum Gasteiger partial charge on any atom is 0.241 e. The van der Waals surface area contributed by atoms with E-state index in [0.717, 1.165) is 5.56 Å². The van der Waals surface area contributed by atoms with Crippen LogP contribution in [0.4, 0.5) is 0 Å². The topological polar surface area (TPSA) is 92.4 Å². The van der Waals surface area contributed by atoms with E-state index in [1.807, 2.05) is 25.1 Å². The zero-order valence-corrected chi connectivity index (χ0v) is 14.0. The molecule has 4 N–H and O–H groups in total. The van der Waals surface area contributed by atoms with Crippen molar-refractivity contribution in [3.63, 3.8) is 0 Å². The summed E-state index contributed by atoms with van der Waals surface area (Å²) in [6.45, 7) is 4.11. The van der Waals surface area contributed by atoms with Crippen LogP contribution in [0.1, 0.15) is 31.0 Å². The molecule has 0 saturated carbocycles. The van der Waals surface area contributed by atoms with Crippen LogP contribution in [-0.4, -0.2) is 19.6 Å². The predicted octanol–water partition coefficient (Wildman–Crippen LogP) is 2.32. The largest absolute Gasteiger partial charge is 0.507 e. The Balaban J connectivity index is 2.07. The van der Waals surface area contributed by atoms with Gasteiger partial charge in [-0.1, -0.05) is 36.4 Å². The fourth-order valence-electron chi connectivity index (χ4n) is 2.59. The first kappa shape index (κ1) is 17.5. The van der Waals surface area contributed by atoms with Crippen LogP contribution in [0.2, 0.25) is 0 Å². The maximum absolute atomic E-state index is 11.5. The van der Waals surface area contributed by atoms with Gasteiger partial charge in [0.05, 0.1) is 0 Å². The molecule has 0 aromatic heterocycles. The van der Waals surface area contributed by atoms with Crippen molar-refractivity contribution in [1.82, 2.24) is 5.32 Å². The molecular formula is C17H22N2O3S. The highest BCUT2D eigenvalue weighted by Gasteiger charge is 2.16. The summed E-state index contributed by atoms with van der Waals surface area (Å²) in [5, 5.41) is 18.2. The number of hydrogen-bond acceptors (Lipinski definition) is 4. The van der Waals surface area contributed by atoms with E-state index in [-0.39, 0.29) is 22.7 Å². The molecule has 2 atom stereocenters. The quantitative estimate of drug-likeness (QED) is 0.756. The van der Waals surface area contributed by atoms with E-state index in [0.29, 0.717) is 6.42 Å². The van der Waals surface area contributed by atoms with Gasteiger partial charge in [0.1, 0.15) is 10.6 Å². The molecule has 0 amide bonds. The molecule has 0 heterocycles. The number of nitrogens with one attached hydrogen (secondary N) is 1. The molecule has 2 rings (SSSR count). The lowest BCUT2D eigenvalue weighted by atomic mass is 10.0. The molecule has 23 heavy (non-hydrogen) atoms. The summed E-state index contributed by atoms with van der Waals surface area (Å²) < 4.78 is 22.9. The van der Waals surface area contributed by atoms with E-state index in [2.05, 4.69) is 24.4 Å². The monoisotopic (exact) mass is 334 g/mol. The van der Waals surface area contributed by atoms with Crippen molar-refractivity contribution in [2.75, 3.05) is 0 Å². The first-order valence-corrected chi connectivity index (χ1v) is 8.97. The standard InChI is InChI=1S/C17H22N2O3S/c1-12(19-13(2)15-6-4-3-5-7-15)10-14-8-9-16(20)17(11-14)23(18,21)22/h3-9,11-13,19-20H,10H2,1-2H3,(H2,18,21,22)/t12-,13+/m0/s1. The van der Waals surface area contributed by atoms with Crippen molar-refractivity contribution in [3.05, 3.63) is 59.7 Å². The van der Waals surface area contributed by atoms with E-state index < -0.39 is 10.0 Å². The molecule has 0 spiro atoms. The Morgan fingerprint density at radius 2 is 1.78 bits per heavy atom. The number of benzene rings is 2. The Labute approximate surface area is 137 Å². The Kier molecular flexibility index (Phi) is 5.41. The van der Waals surface area contributed by atoms with Crippen molar-refractivity contribution in [2.45, 2.75) is 37.2 Å². The van der Waals surface area contributed by atoms with Crippen LogP contribution >= 0.6 is 0 Å². The third-order valence-electron chi connectivity index (χ3n) is 3.71. The summed E-state index contributed by atoms with van der Waals surface area (Å²) >= 11 is 0. The van der Waals surface area contributed by atoms with E-state index in [1.165, 1.54) is 17.7 Å². The fraction of sp³-hybridized carbons (Fsp3) is 0.294. The second kappa shape index (κ2) is 7.12. The van der Waals surface area contributed by atoms with Crippen molar-refractivity contribution < 1.29 is 13.5 Å². The van der Waals surface area contributed by atoms with Crippen molar-refractivity contribution in [3.8, 4) is 5.75 Å². The second-order valence-electron chi connectivity index (χ2n) is 5.75. The number of sulfonamides is 1. The predicted molar refractivity (Wildman–Crippen MR) is 90.6 cm³/mol. The van der Waals surface area contributed by atoms with Crippen LogP contribution < -0.4 is 10.5 Å². The number of aromatic hydroxyl groups is 1. The van der Waals surface area contributed by atoms with Gasteiger partial charge in [0.15, 0.2) is 0 Å². The van der Waals surface area contributed by atoms with Gasteiger partial charge in [0.25, 0.3) is 0 Å². The molecule has 0 aliphatic rings. The molecule has 0 bridgehead atoms. The fourth-order valence-corrected chi connectivity index (χ4v) is 3.27. The van der Waals surface area contributed by atoms with E-state index >= 15 is 0 Å². The van der Waals surface area contributed by atoms with Crippen LogP contribution in [0.15, 0.2) is 53.4 Å². The van der Waals surface area contributed by atoms with Crippen LogP contribution in [0.25, 0.3) is 0 Å². The average Bonchev–Trinajstić information content (AvgIpc) is 2.49. The van der Waals surface area contributed by atoms with Crippen LogP contribution in [0, 0.1) is 0 Å². The highest BCUT2D eigenvalue weighted by Crippen LogP contribution is 2.23. The zero-order chi connectivity index (χ0) is 17.0. The minimum absolute atomic E-state index is 0.128. The first-order chi connectivity index (χ1) is 10.8. The van der Waals surface area contributed by atoms with E-state index in [4.69, 9.17) is 5.14 Å². The summed E-state index contributed by atoms with van der Waals surface area (Å²) in [6, 6.07) is 14.9. The Morgan fingerprint density at radius 3 is 2.39 bits per heavy atom.